The zero-order chi connectivity index (χ0) is 16.1. The van der Waals surface area contributed by atoms with Crippen LogP contribution in [0.25, 0.3) is 10.9 Å². The number of nitrogens with one attached hydrogen (secondary N) is 1. The fourth-order valence-electron chi connectivity index (χ4n) is 2.42. The first kappa shape index (κ1) is 15.8. The molecule has 0 radical (unpaired) electrons. The van der Waals surface area contributed by atoms with Crippen LogP contribution in [0.3, 0.4) is 0 Å². The van der Waals surface area contributed by atoms with Gasteiger partial charge in [0.15, 0.2) is 0 Å². The molecule has 1 aromatic carbocycles. The predicted molar refractivity (Wildman–Crippen MR) is 85.9 cm³/mol. The van der Waals surface area contributed by atoms with E-state index in [1.807, 2.05) is 42.7 Å². The van der Waals surface area contributed by atoms with Crippen LogP contribution < -0.4 is 5.32 Å². The highest BCUT2D eigenvalue weighted by atomic mass is 16.4. The maximum Gasteiger partial charge on any atom is 0.326 e. The molecule has 2 rings (SSSR count). The van der Waals surface area contributed by atoms with Crippen molar-refractivity contribution in [2.24, 2.45) is 0 Å². The number of hydrogen-bond donors (Lipinski definition) is 2. The molecule has 5 nitrogen and oxygen atoms in total. The maximum absolute atomic E-state index is 12.5. The summed E-state index contributed by atoms with van der Waals surface area (Å²) in [5, 5.41) is 12.6. The van der Waals surface area contributed by atoms with Crippen LogP contribution in [0.1, 0.15) is 30.6 Å². The highest BCUT2D eigenvalue weighted by Crippen LogP contribution is 2.21. The molecule has 0 aliphatic rings. The molecule has 0 saturated heterocycles. The van der Waals surface area contributed by atoms with Gasteiger partial charge >= 0.3 is 5.97 Å². The number of rotatable bonds is 6. The third-order valence-corrected chi connectivity index (χ3v) is 3.58. The third-order valence-electron chi connectivity index (χ3n) is 3.58. The van der Waals surface area contributed by atoms with Gasteiger partial charge in [-0.05, 0) is 26.3 Å². The number of para-hydroxylation sites is 1. The van der Waals surface area contributed by atoms with Crippen molar-refractivity contribution in [3.63, 3.8) is 0 Å². The number of aryl methyl sites for hydroxylation is 1. The van der Waals surface area contributed by atoms with Gasteiger partial charge in [0, 0.05) is 23.6 Å². The molecule has 0 aliphatic carbocycles. The number of aromatic nitrogens is 1. The Bertz CT molecular complexity index is 716. The largest absolute Gasteiger partial charge is 0.480 e. The van der Waals surface area contributed by atoms with E-state index in [4.69, 9.17) is 0 Å². The van der Waals surface area contributed by atoms with Crippen molar-refractivity contribution in [3.8, 4) is 0 Å². The van der Waals surface area contributed by atoms with Crippen molar-refractivity contribution < 1.29 is 14.7 Å². The number of carboxylic acid groups (broad SMARTS) is 1. The summed E-state index contributed by atoms with van der Waals surface area (Å²) in [6.45, 7) is 4.56. The van der Waals surface area contributed by atoms with Crippen LogP contribution in [0, 0.1) is 0 Å². The van der Waals surface area contributed by atoms with Crippen molar-refractivity contribution in [3.05, 3.63) is 48.2 Å². The first-order valence-corrected chi connectivity index (χ1v) is 7.31. The highest BCUT2D eigenvalue weighted by molar-refractivity contribution is 6.07. The molecular formula is C17H20N2O3. The first-order valence-electron chi connectivity index (χ1n) is 7.31. The summed E-state index contributed by atoms with van der Waals surface area (Å²) < 4.78 is 1.98. The molecule has 0 saturated carbocycles. The molecule has 5 heteroatoms. The van der Waals surface area contributed by atoms with E-state index in [1.54, 1.807) is 18.3 Å². The van der Waals surface area contributed by atoms with Gasteiger partial charge < -0.3 is 15.0 Å². The molecule has 0 aliphatic heterocycles. The fraction of sp³-hybridized carbons (Fsp3) is 0.294. The molecule has 0 spiro atoms. The molecule has 1 unspecified atom stereocenters. The van der Waals surface area contributed by atoms with Gasteiger partial charge in [0.1, 0.15) is 6.04 Å². The van der Waals surface area contributed by atoms with E-state index in [0.717, 1.165) is 17.4 Å². The van der Waals surface area contributed by atoms with E-state index in [-0.39, 0.29) is 12.3 Å². The van der Waals surface area contributed by atoms with E-state index in [0.29, 0.717) is 5.56 Å². The van der Waals surface area contributed by atoms with Gasteiger partial charge in [0.2, 0.25) is 0 Å². The molecular weight excluding hydrogens is 280 g/mol. The van der Waals surface area contributed by atoms with Crippen molar-refractivity contribution in [2.75, 3.05) is 0 Å². The Morgan fingerprint density at radius 1 is 1.36 bits per heavy atom. The molecule has 1 heterocycles. The first-order chi connectivity index (χ1) is 10.6. The third kappa shape index (κ3) is 3.19. The number of amides is 1. The topological polar surface area (TPSA) is 71.3 Å². The summed E-state index contributed by atoms with van der Waals surface area (Å²) in [6.07, 6.45) is 5.54. The van der Waals surface area contributed by atoms with Crippen LogP contribution in [-0.4, -0.2) is 27.6 Å². The second-order valence-corrected chi connectivity index (χ2v) is 5.01. The molecule has 2 N–H and O–H groups in total. The minimum absolute atomic E-state index is 0.268. The highest BCUT2D eigenvalue weighted by Gasteiger charge is 2.21. The van der Waals surface area contributed by atoms with Crippen molar-refractivity contribution >= 4 is 22.8 Å². The van der Waals surface area contributed by atoms with Crippen molar-refractivity contribution in [2.45, 2.75) is 32.9 Å². The number of fused-ring (bicyclic) bond motifs is 1. The Morgan fingerprint density at radius 3 is 2.73 bits per heavy atom. The van der Waals surface area contributed by atoms with Crippen LogP contribution in [0.2, 0.25) is 0 Å². The average molecular weight is 300 g/mol. The van der Waals surface area contributed by atoms with Gasteiger partial charge in [-0.15, -0.1) is 0 Å². The Balaban J connectivity index is 2.31. The van der Waals surface area contributed by atoms with Crippen LogP contribution in [0.5, 0.6) is 0 Å². The normalized spacial score (nSPS) is 12.6. The minimum atomic E-state index is -1.04. The summed E-state index contributed by atoms with van der Waals surface area (Å²) in [5.41, 5.74) is 1.47. The Morgan fingerprint density at radius 2 is 2.09 bits per heavy atom. The molecule has 116 valence electrons. The molecule has 1 atom stereocenters. The van der Waals surface area contributed by atoms with E-state index in [9.17, 15) is 14.7 Å². The predicted octanol–water partition coefficient (Wildman–Crippen LogP) is 2.81. The second-order valence-electron chi connectivity index (χ2n) is 5.01. The number of hydrogen-bond acceptors (Lipinski definition) is 2. The zero-order valence-corrected chi connectivity index (χ0v) is 12.7. The van der Waals surface area contributed by atoms with Gasteiger partial charge in [-0.3, -0.25) is 4.79 Å². The number of aliphatic carboxylic acids is 1. The number of nitrogens with zero attached hydrogens (tertiary/aromatic N) is 1. The Hall–Kier alpha value is -2.56. The van der Waals surface area contributed by atoms with E-state index in [2.05, 4.69) is 5.32 Å². The minimum Gasteiger partial charge on any atom is -0.480 e. The second kappa shape index (κ2) is 6.93. The maximum atomic E-state index is 12.5. The van der Waals surface area contributed by atoms with E-state index >= 15 is 0 Å². The molecule has 1 amide bonds. The number of carbonyl (C=O) groups excluding carboxylic acids is 1. The fourth-order valence-corrected chi connectivity index (χ4v) is 2.42. The number of allylic oxidation sites excluding steroid dienone is 1. The summed E-state index contributed by atoms with van der Waals surface area (Å²) >= 11 is 0. The zero-order valence-electron chi connectivity index (χ0n) is 12.7. The SMILES string of the molecule is C/C=C/CC(NC(=O)c1cn(CC)c2ccccc12)C(=O)O. The van der Waals surface area contributed by atoms with Crippen molar-refractivity contribution in [1.82, 2.24) is 9.88 Å². The average Bonchev–Trinajstić information content (AvgIpc) is 2.90. The van der Waals surface area contributed by atoms with E-state index < -0.39 is 12.0 Å². The Kier molecular flexibility index (Phi) is 4.99. The van der Waals surface area contributed by atoms with Crippen LogP contribution in [-0.2, 0) is 11.3 Å². The summed E-state index contributed by atoms with van der Waals surface area (Å²) in [5.74, 6) is -1.40. The van der Waals surface area contributed by atoms with Gasteiger partial charge in [0.05, 0.1) is 5.56 Å². The van der Waals surface area contributed by atoms with Gasteiger partial charge in [-0.1, -0.05) is 30.4 Å². The summed E-state index contributed by atoms with van der Waals surface area (Å²) in [7, 11) is 0. The lowest BCUT2D eigenvalue weighted by Crippen LogP contribution is -2.40. The summed E-state index contributed by atoms with van der Waals surface area (Å²) in [6, 6.07) is 6.69. The lowest BCUT2D eigenvalue weighted by atomic mass is 10.1. The van der Waals surface area contributed by atoms with Crippen molar-refractivity contribution in [1.29, 1.82) is 0 Å². The van der Waals surface area contributed by atoms with Crippen LogP contribution >= 0.6 is 0 Å². The van der Waals surface area contributed by atoms with Gasteiger partial charge in [-0.25, -0.2) is 4.79 Å². The number of carbonyl (C=O) groups is 2. The standard InChI is InChI=1S/C17H20N2O3/c1-3-5-9-14(17(21)22)18-16(20)13-11-19(4-2)15-10-7-6-8-12(13)15/h3,5-8,10-11,14H,4,9H2,1-2H3,(H,18,20)(H,21,22)/b5-3+. The lowest BCUT2D eigenvalue weighted by molar-refractivity contribution is -0.139. The van der Waals surface area contributed by atoms with Crippen LogP contribution in [0.4, 0.5) is 0 Å². The number of benzene rings is 1. The molecule has 0 fully saturated rings. The number of carboxylic acids is 1. The van der Waals surface area contributed by atoms with Gasteiger partial charge in [-0.2, -0.15) is 0 Å². The lowest BCUT2D eigenvalue weighted by Gasteiger charge is -2.12. The molecule has 22 heavy (non-hydrogen) atoms. The molecule has 0 bridgehead atoms. The quantitative estimate of drug-likeness (QED) is 0.806. The smallest absolute Gasteiger partial charge is 0.326 e. The summed E-state index contributed by atoms with van der Waals surface area (Å²) in [4.78, 5) is 23.7. The monoisotopic (exact) mass is 300 g/mol. The van der Waals surface area contributed by atoms with Crippen LogP contribution in [0.15, 0.2) is 42.6 Å². The van der Waals surface area contributed by atoms with Gasteiger partial charge in [0.25, 0.3) is 5.91 Å². The Labute approximate surface area is 129 Å². The molecule has 1 aromatic heterocycles. The molecule has 2 aromatic rings. The van der Waals surface area contributed by atoms with E-state index in [1.165, 1.54) is 0 Å².